The normalized spacial score (nSPS) is 12.2. The Morgan fingerprint density at radius 1 is 0.622 bits per heavy atom. The molecule has 0 fully saturated rings. The van der Waals surface area contributed by atoms with Crippen LogP contribution in [0.3, 0.4) is 0 Å². The second-order valence-corrected chi connectivity index (χ2v) is 16.2. The smallest absolute Gasteiger partial charge is 0.334 e. The summed E-state index contributed by atoms with van der Waals surface area (Å²) in [5.74, 6) is 1.58. The van der Waals surface area contributed by atoms with Crippen molar-refractivity contribution in [2.24, 2.45) is 0 Å². The van der Waals surface area contributed by atoms with E-state index in [1.165, 1.54) is 0 Å². The van der Waals surface area contributed by atoms with Crippen LogP contribution < -0.4 is 16.2 Å². The molecular formula is C28H48N2O5Si2. The van der Waals surface area contributed by atoms with Crippen molar-refractivity contribution in [3.05, 3.63) is 47.5 Å². The molecule has 0 amide bonds. The fourth-order valence-corrected chi connectivity index (χ4v) is 9.61. The molecule has 0 saturated heterocycles. The molecule has 7 nitrogen and oxygen atoms in total. The lowest BCUT2D eigenvalue weighted by Crippen LogP contribution is -2.38. The van der Waals surface area contributed by atoms with E-state index in [1.807, 2.05) is 64.1 Å². The highest BCUT2D eigenvalue weighted by Gasteiger charge is 2.31. The van der Waals surface area contributed by atoms with Crippen molar-refractivity contribution in [3.8, 4) is 11.5 Å². The lowest BCUT2D eigenvalue weighted by atomic mass is 9.96. The minimum Gasteiger partial charge on any atom is -0.457 e. The SMILES string of the molecule is CCO[Si](C)(CCCc1c(N)ccc(Oc2ccc(N)cc2)c1CCC[Si](C)(OCC)OCC)OCC. The van der Waals surface area contributed by atoms with E-state index in [0.717, 1.165) is 66.1 Å². The number of anilines is 2. The Bertz CT molecular complexity index is 931. The molecule has 2 aromatic rings. The van der Waals surface area contributed by atoms with Crippen LogP contribution in [0.1, 0.15) is 51.7 Å². The van der Waals surface area contributed by atoms with Gasteiger partial charge in [0, 0.05) is 43.4 Å². The van der Waals surface area contributed by atoms with Crippen molar-refractivity contribution in [1.82, 2.24) is 0 Å². The summed E-state index contributed by atoms with van der Waals surface area (Å²) in [5.41, 5.74) is 16.2. The topological polar surface area (TPSA) is 98.2 Å². The first kappa shape index (κ1) is 31.3. The van der Waals surface area contributed by atoms with E-state index in [1.54, 1.807) is 0 Å². The van der Waals surface area contributed by atoms with E-state index in [4.69, 9.17) is 33.9 Å². The first-order valence-electron chi connectivity index (χ1n) is 13.7. The standard InChI is InChI=1S/C28H48N2O5Si2/c1-7-31-36(5,32-8-2)21-11-13-25-26(14-12-22-37(6,33-9-3)34-10-4)28(20-19-27(25)30)35-24-17-15-23(29)16-18-24/h15-20H,7-14,21-22,29-30H2,1-6H3. The molecule has 0 unspecified atom stereocenters. The summed E-state index contributed by atoms with van der Waals surface area (Å²) in [6, 6.07) is 13.2. The lowest BCUT2D eigenvalue weighted by Gasteiger charge is -2.27. The first-order chi connectivity index (χ1) is 17.7. The number of nitrogens with two attached hydrogens (primary N) is 2. The largest absolute Gasteiger partial charge is 0.457 e. The lowest BCUT2D eigenvalue weighted by molar-refractivity contribution is 0.187. The number of rotatable bonds is 18. The fraction of sp³-hybridized carbons (Fsp3) is 0.571. The van der Waals surface area contributed by atoms with E-state index in [-0.39, 0.29) is 0 Å². The Hall–Kier alpha value is -1.89. The van der Waals surface area contributed by atoms with E-state index in [9.17, 15) is 0 Å². The average Bonchev–Trinajstić information content (AvgIpc) is 2.84. The zero-order valence-corrected chi connectivity index (χ0v) is 25.7. The number of benzene rings is 2. The van der Waals surface area contributed by atoms with Gasteiger partial charge in [0.25, 0.3) is 0 Å². The Morgan fingerprint density at radius 3 is 1.54 bits per heavy atom. The summed E-state index contributed by atoms with van der Waals surface area (Å²) in [7, 11) is -4.41. The van der Waals surface area contributed by atoms with Gasteiger partial charge < -0.3 is 33.9 Å². The fourth-order valence-electron chi connectivity index (χ4n) is 4.78. The van der Waals surface area contributed by atoms with Crippen molar-refractivity contribution in [2.75, 3.05) is 37.9 Å². The van der Waals surface area contributed by atoms with Gasteiger partial charge in [0.1, 0.15) is 11.5 Å². The Labute approximate surface area is 226 Å². The predicted octanol–water partition coefficient (Wildman–Crippen LogP) is 6.80. The van der Waals surface area contributed by atoms with Gasteiger partial charge in [-0.15, -0.1) is 0 Å². The van der Waals surface area contributed by atoms with Crippen LogP contribution in [0, 0.1) is 0 Å². The van der Waals surface area contributed by atoms with Crippen LogP contribution in [-0.2, 0) is 30.5 Å². The Morgan fingerprint density at radius 2 is 1.08 bits per heavy atom. The molecule has 208 valence electrons. The van der Waals surface area contributed by atoms with Gasteiger partial charge in [-0.2, -0.15) is 0 Å². The van der Waals surface area contributed by atoms with Crippen LogP contribution >= 0.6 is 0 Å². The molecule has 2 rings (SSSR count). The van der Waals surface area contributed by atoms with Crippen molar-refractivity contribution < 1.29 is 22.4 Å². The number of hydrogen-bond acceptors (Lipinski definition) is 7. The van der Waals surface area contributed by atoms with Gasteiger partial charge in [0.2, 0.25) is 0 Å². The summed E-state index contributed by atoms with van der Waals surface area (Å²) in [6.45, 7) is 15.1. The second-order valence-electron chi connectivity index (χ2n) is 9.49. The molecule has 4 N–H and O–H groups in total. The molecule has 0 radical (unpaired) electrons. The molecule has 0 heterocycles. The highest BCUT2D eigenvalue weighted by molar-refractivity contribution is 6.66. The molecule has 0 aliphatic heterocycles. The minimum absolute atomic E-state index is 0.667. The molecular weight excluding hydrogens is 500 g/mol. The van der Waals surface area contributed by atoms with E-state index < -0.39 is 17.1 Å². The van der Waals surface area contributed by atoms with Gasteiger partial charge in [-0.25, -0.2) is 0 Å². The third-order valence-electron chi connectivity index (χ3n) is 6.45. The van der Waals surface area contributed by atoms with Gasteiger partial charge in [0.15, 0.2) is 0 Å². The highest BCUT2D eigenvalue weighted by atomic mass is 28.4. The molecule has 0 spiro atoms. The molecule has 2 aromatic carbocycles. The van der Waals surface area contributed by atoms with Crippen LogP contribution in [0.5, 0.6) is 11.5 Å². The van der Waals surface area contributed by atoms with E-state index >= 15 is 0 Å². The van der Waals surface area contributed by atoms with Gasteiger partial charge in [0.05, 0.1) is 0 Å². The molecule has 0 aliphatic rings. The molecule has 9 heteroatoms. The summed E-state index contributed by atoms with van der Waals surface area (Å²) in [5, 5.41) is 0. The van der Waals surface area contributed by atoms with E-state index in [0.29, 0.717) is 32.1 Å². The number of ether oxygens (including phenoxy) is 1. The zero-order valence-electron chi connectivity index (χ0n) is 23.7. The number of hydrogen-bond donors (Lipinski definition) is 2. The molecule has 0 aliphatic carbocycles. The van der Waals surface area contributed by atoms with Crippen LogP contribution in [0.4, 0.5) is 11.4 Å². The first-order valence-corrected chi connectivity index (χ1v) is 18.7. The van der Waals surface area contributed by atoms with Crippen LogP contribution in [0.2, 0.25) is 25.2 Å². The molecule has 37 heavy (non-hydrogen) atoms. The summed E-state index contributed by atoms with van der Waals surface area (Å²) < 4.78 is 30.6. The van der Waals surface area contributed by atoms with Gasteiger partial charge >= 0.3 is 17.1 Å². The Balaban J connectivity index is 2.29. The third kappa shape index (κ3) is 10.1. The van der Waals surface area contributed by atoms with Crippen LogP contribution in [0.25, 0.3) is 0 Å². The molecule has 0 bridgehead atoms. The summed E-state index contributed by atoms with van der Waals surface area (Å²) in [4.78, 5) is 0. The average molecular weight is 549 g/mol. The van der Waals surface area contributed by atoms with Gasteiger partial charge in [-0.3, -0.25) is 0 Å². The van der Waals surface area contributed by atoms with Gasteiger partial charge in [-0.05, 0) is 121 Å². The van der Waals surface area contributed by atoms with Crippen molar-refractivity contribution in [1.29, 1.82) is 0 Å². The zero-order chi connectivity index (χ0) is 27.3. The molecule has 0 aromatic heterocycles. The summed E-state index contributed by atoms with van der Waals surface area (Å²) >= 11 is 0. The minimum atomic E-state index is -2.21. The monoisotopic (exact) mass is 548 g/mol. The third-order valence-corrected chi connectivity index (χ3v) is 12.6. The van der Waals surface area contributed by atoms with Crippen molar-refractivity contribution in [3.63, 3.8) is 0 Å². The quantitative estimate of drug-likeness (QED) is 0.156. The van der Waals surface area contributed by atoms with Crippen molar-refractivity contribution in [2.45, 2.75) is 78.6 Å². The Kier molecular flexibility index (Phi) is 13.1. The molecule has 0 saturated carbocycles. The number of nitrogen functional groups attached to an aromatic ring is 2. The van der Waals surface area contributed by atoms with Crippen LogP contribution in [0.15, 0.2) is 36.4 Å². The maximum Gasteiger partial charge on any atom is 0.334 e. The maximum absolute atomic E-state index is 6.56. The van der Waals surface area contributed by atoms with Crippen molar-refractivity contribution >= 4 is 28.5 Å². The van der Waals surface area contributed by atoms with Gasteiger partial charge in [-0.1, -0.05) is 0 Å². The summed E-state index contributed by atoms with van der Waals surface area (Å²) in [6.07, 6.45) is 3.55. The van der Waals surface area contributed by atoms with Crippen LogP contribution in [-0.4, -0.2) is 43.5 Å². The maximum atomic E-state index is 6.56. The predicted molar refractivity (Wildman–Crippen MR) is 158 cm³/mol. The van der Waals surface area contributed by atoms with E-state index in [2.05, 4.69) is 13.1 Å². The second kappa shape index (κ2) is 15.5. The molecule has 0 atom stereocenters. The highest BCUT2D eigenvalue weighted by Crippen LogP contribution is 2.35.